The third-order valence-corrected chi connectivity index (χ3v) is 5.48. The lowest BCUT2D eigenvalue weighted by molar-refractivity contribution is 0.122. The summed E-state index contributed by atoms with van der Waals surface area (Å²) < 4.78 is 32.6. The molecule has 0 atom stereocenters. The molecule has 3 rings (SSSR count). The van der Waals surface area contributed by atoms with Crippen molar-refractivity contribution in [2.24, 2.45) is 0 Å². The normalized spacial score (nSPS) is 15.2. The number of anilines is 1. The highest BCUT2D eigenvalue weighted by molar-refractivity contribution is 7.88. The molecule has 0 spiro atoms. The van der Waals surface area contributed by atoms with Gasteiger partial charge in [-0.3, -0.25) is 0 Å². The monoisotopic (exact) mass is 396 g/mol. The summed E-state index contributed by atoms with van der Waals surface area (Å²) in [4.78, 5) is 11.0. The van der Waals surface area contributed by atoms with Crippen LogP contribution >= 0.6 is 11.6 Å². The Bertz CT molecular complexity index is 853. The van der Waals surface area contributed by atoms with Crippen LogP contribution in [0.4, 0.5) is 5.95 Å². The van der Waals surface area contributed by atoms with Gasteiger partial charge in [-0.1, -0.05) is 23.7 Å². The number of rotatable bonds is 6. The van der Waals surface area contributed by atoms with Crippen molar-refractivity contribution in [3.63, 3.8) is 0 Å². The van der Waals surface area contributed by atoms with Crippen molar-refractivity contribution >= 4 is 27.6 Å². The Labute approximate surface area is 158 Å². The van der Waals surface area contributed by atoms with Crippen LogP contribution in [-0.4, -0.2) is 44.7 Å². The number of halogens is 1. The first-order valence-electron chi connectivity index (χ1n) is 8.30. The minimum Gasteiger partial charge on any atom is -0.378 e. The van der Waals surface area contributed by atoms with Crippen molar-refractivity contribution in [3.05, 3.63) is 52.3 Å². The molecule has 26 heavy (non-hydrogen) atoms. The predicted molar refractivity (Wildman–Crippen MR) is 101 cm³/mol. The fourth-order valence-electron chi connectivity index (χ4n) is 2.65. The summed E-state index contributed by atoms with van der Waals surface area (Å²) in [7, 11) is -3.48. The molecule has 1 aromatic heterocycles. The first-order chi connectivity index (χ1) is 12.4. The Kier molecular flexibility index (Phi) is 6.08. The highest BCUT2D eigenvalue weighted by Crippen LogP contribution is 2.14. The van der Waals surface area contributed by atoms with Gasteiger partial charge in [-0.25, -0.2) is 23.1 Å². The molecule has 2 heterocycles. The summed E-state index contributed by atoms with van der Waals surface area (Å²) in [6.07, 6.45) is 0. The SMILES string of the molecule is Cc1cc(CNS(=O)(=O)Cc2ccc(Cl)cc2)nc(N2CCOCC2)n1. The molecule has 0 amide bonds. The van der Waals surface area contributed by atoms with Gasteiger partial charge in [-0.15, -0.1) is 0 Å². The van der Waals surface area contributed by atoms with Crippen LogP contribution in [0.15, 0.2) is 30.3 Å². The maximum absolute atomic E-state index is 12.3. The van der Waals surface area contributed by atoms with Gasteiger partial charge >= 0.3 is 0 Å². The van der Waals surface area contributed by atoms with E-state index in [1.807, 2.05) is 11.8 Å². The van der Waals surface area contributed by atoms with Crippen LogP contribution < -0.4 is 9.62 Å². The van der Waals surface area contributed by atoms with Crippen molar-refractivity contribution < 1.29 is 13.2 Å². The predicted octanol–water partition coefficient (Wildman–Crippen LogP) is 1.89. The van der Waals surface area contributed by atoms with E-state index < -0.39 is 10.0 Å². The zero-order valence-electron chi connectivity index (χ0n) is 14.5. The van der Waals surface area contributed by atoms with Gasteiger partial charge < -0.3 is 9.64 Å². The lowest BCUT2D eigenvalue weighted by Crippen LogP contribution is -2.37. The first kappa shape index (κ1) is 19.0. The highest BCUT2D eigenvalue weighted by atomic mass is 35.5. The average Bonchev–Trinajstić information content (AvgIpc) is 2.62. The van der Waals surface area contributed by atoms with Crippen molar-refractivity contribution in [3.8, 4) is 0 Å². The van der Waals surface area contributed by atoms with Gasteiger partial charge in [0.05, 0.1) is 31.2 Å². The summed E-state index contributed by atoms with van der Waals surface area (Å²) in [5.74, 6) is 0.505. The smallest absolute Gasteiger partial charge is 0.225 e. The van der Waals surface area contributed by atoms with E-state index in [1.165, 1.54) is 0 Å². The van der Waals surface area contributed by atoms with Gasteiger partial charge in [0.2, 0.25) is 16.0 Å². The maximum atomic E-state index is 12.3. The fourth-order valence-corrected chi connectivity index (χ4v) is 3.87. The molecule has 1 aliphatic heterocycles. The van der Waals surface area contributed by atoms with Crippen LogP contribution in [0.1, 0.15) is 17.0 Å². The molecule has 2 aromatic rings. The zero-order valence-corrected chi connectivity index (χ0v) is 16.1. The molecule has 0 bridgehead atoms. The molecule has 9 heteroatoms. The molecular formula is C17H21ClN4O3S. The number of hydrogen-bond acceptors (Lipinski definition) is 6. The number of nitrogens with zero attached hydrogens (tertiary/aromatic N) is 3. The van der Waals surface area contributed by atoms with Gasteiger partial charge in [0.25, 0.3) is 0 Å². The van der Waals surface area contributed by atoms with Crippen LogP contribution in [0, 0.1) is 6.92 Å². The molecule has 1 aromatic carbocycles. The topological polar surface area (TPSA) is 84.4 Å². The van der Waals surface area contributed by atoms with Crippen molar-refractivity contribution in [1.82, 2.24) is 14.7 Å². The van der Waals surface area contributed by atoms with E-state index in [9.17, 15) is 8.42 Å². The number of morpholine rings is 1. The molecule has 0 saturated carbocycles. The van der Waals surface area contributed by atoms with Crippen LogP contribution in [0.25, 0.3) is 0 Å². The summed E-state index contributed by atoms with van der Waals surface area (Å²) >= 11 is 5.83. The molecule has 140 valence electrons. The summed E-state index contributed by atoms with van der Waals surface area (Å²) in [5, 5.41) is 0.575. The van der Waals surface area contributed by atoms with E-state index in [0.29, 0.717) is 35.4 Å². The Balaban J connectivity index is 1.66. The molecule has 0 unspecified atom stereocenters. The molecular weight excluding hydrogens is 376 g/mol. The number of ether oxygens (including phenoxy) is 1. The van der Waals surface area contributed by atoms with Crippen molar-refractivity contribution in [1.29, 1.82) is 0 Å². The number of hydrogen-bond donors (Lipinski definition) is 1. The van der Waals surface area contributed by atoms with Crippen molar-refractivity contribution in [2.45, 2.75) is 19.2 Å². The van der Waals surface area contributed by atoms with Crippen molar-refractivity contribution in [2.75, 3.05) is 31.2 Å². The second-order valence-electron chi connectivity index (χ2n) is 6.11. The van der Waals surface area contributed by atoms with E-state index in [-0.39, 0.29) is 12.3 Å². The fraction of sp³-hybridized carbons (Fsp3) is 0.412. The Morgan fingerprint density at radius 1 is 1.19 bits per heavy atom. The lowest BCUT2D eigenvalue weighted by Gasteiger charge is -2.27. The summed E-state index contributed by atoms with van der Waals surface area (Å²) in [5.41, 5.74) is 2.11. The minimum absolute atomic E-state index is 0.107. The van der Waals surface area contributed by atoms with Gasteiger partial charge in [0.15, 0.2) is 0 Å². The van der Waals surface area contributed by atoms with Gasteiger partial charge in [-0.2, -0.15) is 0 Å². The average molecular weight is 397 g/mol. The molecule has 1 fully saturated rings. The zero-order chi connectivity index (χ0) is 18.6. The van der Waals surface area contributed by atoms with Crippen LogP contribution in [-0.2, 0) is 27.1 Å². The third-order valence-electron chi connectivity index (χ3n) is 3.93. The summed E-state index contributed by atoms with van der Waals surface area (Å²) in [6.45, 7) is 4.73. The van der Waals surface area contributed by atoms with Gasteiger partial charge in [0, 0.05) is 23.8 Å². The molecule has 1 N–H and O–H groups in total. The highest BCUT2D eigenvalue weighted by Gasteiger charge is 2.16. The van der Waals surface area contributed by atoms with Crippen LogP contribution in [0.3, 0.4) is 0 Å². The van der Waals surface area contributed by atoms with Gasteiger partial charge in [-0.05, 0) is 30.7 Å². The third kappa shape index (κ3) is 5.38. The molecule has 1 aliphatic rings. The lowest BCUT2D eigenvalue weighted by atomic mass is 10.2. The molecule has 0 aliphatic carbocycles. The Morgan fingerprint density at radius 2 is 1.88 bits per heavy atom. The quantitative estimate of drug-likeness (QED) is 0.802. The first-order valence-corrected chi connectivity index (χ1v) is 10.3. The number of aryl methyl sites for hydroxylation is 1. The van der Waals surface area contributed by atoms with E-state index in [4.69, 9.17) is 16.3 Å². The molecule has 7 nitrogen and oxygen atoms in total. The van der Waals surface area contributed by atoms with Gasteiger partial charge in [0.1, 0.15) is 0 Å². The second kappa shape index (κ2) is 8.30. The maximum Gasteiger partial charge on any atom is 0.225 e. The van der Waals surface area contributed by atoms with E-state index in [2.05, 4.69) is 14.7 Å². The molecule has 1 saturated heterocycles. The van der Waals surface area contributed by atoms with E-state index >= 15 is 0 Å². The van der Waals surface area contributed by atoms with Crippen LogP contribution in [0.5, 0.6) is 0 Å². The largest absolute Gasteiger partial charge is 0.378 e. The standard InChI is InChI=1S/C17H21ClN4O3S/c1-13-10-16(21-17(20-13)22-6-8-25-9-7-22)11-19-26(23,24)12-14-2-4-15(18)5-3-14/h2-5,10,19H,6-9,11-12H2,1H3. The Hall–Kier alpha value is -1.74. The minimum atomic E-state index is -3.48. The number of nitrogens with one attached hydrogen (secondary N) is 1. The van der Waals surface area contributed by atoms with E-state index in [0.717, 1.165) is 18.8 Å². The number of sulfonamides is 1. The second-order valence-corrected chi connectivity index (χ2v) is 8.35. The molecule has 0 radical (unpaired) electrons. The Morgan fingerprint density at radius 3 is 2.58 bits per heavy atom. The number of benzene rings is 1. The number of aromatic nitrogens is 2. The van der Waals surface area contributed by atoms with Crippen LogP contribution in [0.2, 0.25) is 5.02 Å². The van der Waals surface area contributed by atoms with E-state index in [1.54, 1.807) is 30.3 Å². The summed E-state index contributed by atoms with van der Waals surface area (Å²) in [6, 6.07) is 8.54.